The summed E-state index contributed by atoms with van der Waals surface area (Å²) in [6.07, 6.45) is 4.74. The minimum absolute atomic E-state index is 0.0289. The van der Waals surface area contributed by atoms with E-state index in [2.05, 4.69) is 31.7 Å². The van der Waals surface area contributed by atoms with E-state index >= 15 is 0 Å². The molecule has 1 aromatic carbocycles. The molecule has 0 N–H and O–H groups in total. The van der Waals surface area contributed by atoms with Crippen molar-refractivity contribution in [2.75, 3.05) is 19.7 Å². The number of carbonyl (C=O) groups excluding carboxylic acids is 2. The van der Waals surface area contributed by atoms with Crippen molar-refractivity contribution in [3.63, 3.8) is 0 Å². The van der Waals surface area contributed by atoms with E-state index in [9.17, 15) is 9.59 Å². The normalized spacial score (nSPS) is 25.5. The molecule has 0 spiro atoms. The number of piperidine rings is 2. The maximum Gasteiger partial charge on any atom is 0.260 e. The number of likely N-dealkylation sites (tertiary alicyclic amines) is 2. The molecular weight excluding hydrogens is 352 g/mol. The number of ether oxygens (including phenoxy) is 1. The van der Waals surface area contributed by atoms with Crippen molar-refractivity contribution in [3.05, 3.63) is 29.8 Å². The predicted octanol–water partition coefficient (Wildman–Crippen LogP) is 3.36. The summed E-state index contributed by atoms with van der Waals surface area (Å²) in [6.45, 7) is 8.01. The van der Waals surface area contributed by atoms with Gasteiger partial charge in [-0.3, -0.25) is 9.59 Å². The van der Waals surface area contributed by atoms with Crippen LogP contribution >= 0.6 is 0 Å². The quantitative estimate of drug-likeness (QED) is 0.800. The molecule has 0 unspecified atom stereocenters. The number of rotatable bonds is 4. The molecule has 1 aliphatic carbocycles. The fourth-order valence-electron chi connectivity index (χ4n) is 4.79. The number of hydrogen-bond acceptors (Lipinski definition) is 3. The lowest BCUT2D eigenvalue weighted by Gasteiger charge is -2.47. The molecule has 2 amide bonds. The smallest absolute Gasteiger partial charge is 0.260 e. The Morgan fingerprint density at radius 3 is 2.61 bits per heavy atom. The first-order chi connectivity index (χ1) is 13.3. The number of amides is 2. The van der Waals surface area contributed by atoms with Gasteiger partial charge < -0.3 is 14.5 Å². The average molecular weight is 385 g/mol. The van der Waals surface area contributed by atoms with E-state index in [4.69, 9.17) is 4.74 Å². The lowest BCUT2D eigenvalue weighted by atomic mass is 9.83. The number of fused-ring (bicyclic) bond motifs is 1. The third-order valence-electron chi connectivity index (χ3n) is 6.41. The van der Waals surface area contributed by atoms with Gasteiger partial charge in [0, 0.05) is 31.6 Å². The molecule has 2 saturated heterocycles. The first kappa shape index (κ1) is 19.3. The van der Waals surface area contributed by atoms with E-state index in [-0.39, 0.29) is 17.9 Å². The number of carbonyl (C=O) groups is 2. The second kappa shape index (κ2) is 7.41. The van der Waals surface area contributed by atoms with Gasteiger partial charge in [-0.15, -0.1) is 0 Å². The molecule has 2 aliphatic heterocycles. The molecule has 4 rings (SSSR count). The highest BCUT2D eigenvalue weighted by Crippen LogP contribution is 2.39. The van der Waals surface area contributed by atoms with Gasteiger partial charge in [0.2, 0.25) is 5.91 Å². The minimum Gasteiger partial charge on any atom is -0.483 e. The average Bonchev–Trinajstić information content (AvgIpc) is 3.50. The molecule has 3 fully saturated rings. The Morgan fingerprint density at radius 1 is 1.14 bits per heavy atom. The van der Waals surface area contributed by atoms with Crippen LogP contribution in [0, 0.1) is 5.92 Å². The summed E-state index contributed by atoms with van der Waals surface area (Å²) in [5, 5.41) is 0. The third kappa shape index (κ3) is 3.89. The second-order valence-corrected chi connectivity index (χ2v) is 9.56. The van der Waals surface area contributed by atoms with Crippen molar-refractivity contribution in [2.45, 2.75) is 70.4 Å². The summed E-state index contributed by atoms with van der Waals surface area (Å²) < 4.78 is 5.95. The summed E-state index contributed by atoms with van der Waals surface area (Å²) in [5.74, 6) is 1.59. The van der Waals surface area contributed by atoms with Crippen LogP contribution in [-0.4, -0.2) is 53.4 Å². The van der Waals surface area contributed by atoms with Crippen LogP contribution in [0.1, 0.15) is 58.4 Å². The van der Waals surface area contributed by atoms with Crippen LogP contribution in [0.25, 0.3) is 0 Å². The van der Waals surface area contributed by atoms with Gasteiger partial charge in [-0.25, -0.2) is 0 Å². The third-order valence-corrected chi connectivity index (χ3v) is 6.41. The number of nitrogens with zero attached hydrogens (tertiary/aromatic N) is 2. The van der Waals surface area contributed by atoms with Gasteiger partial charge in [0.25, 0.3) is 5.91 Å². The Morgan fingerprint density at radius 2 is 1.89 bits per heavy atom. The van der Waals surface area contributed by atoms with Crippen LogP contribution in [0.15, 0.2) is 24.3 Å². The van der Waals surface area contributed by atoms with E-state index in [0.29, 0.717) is 30.3 Å². The van der Waals surface area contributed by atoms with Crippen molar-refractivity contribution < 1.29 is 14.3 Å². The fourth-order valence-corrected chi connectivity index (χ4v) is 4.79. The molecule has 1 aromatic rings. The van der Waals surface area contributed by atoms with Crippen molar-refractivity contribution in [2.24, 2.45) is 5.92 Å². The molecule has 5 nitrogen and oxygen atoms in total. The van der Waals surface area contributed by atoms with Gasteiger partial charge in [0.15, 0.2) is 6.61 Å². The maximum absolute atomic E-state index is 12.8. The standard InChI is InChI=1S/C23H32N2O3/c1-23(2,3)18-6-4-5-7-20(18)28-15-22(27)24-13-12-19-16(14-24)8-11-21(26)25(19)17-9-10-17/h4-7,16-17,19H,8-15H2,1-3H3/t16-,19+/m0/s1. The van der Waals surface area contributed by atoms with Gasteiger partial charge >= 0.3 is 0 Å². The van der Waals surface area contributed by atoms with Crippen molar-refractivity contribution in [3.8, 4) is 5.75 Å². The highest BCUT2D eigenvalue weighted by atomic mass is 16.5. The Hall–Kier alpha value is -2.04. The van der Waals surface area contributed by atoms with Gasteiger partial charge in [-0.05, 0) is 48.6 Å². The van der Waals surface area contributed by atoms with Crippen LogP contribution in [0.5, 0.6) is 5.75 Å². The molecule has 0 bridgehead atoms. The molecule has 0 aromatic heterocycles. The zero-order valence-electron chi connectivity index (χ0n) is 17.3. The molecule has 152 valence electrons. The van der Waals surface area contributed by atoms with E-state index in [1.807, 2.05) is 23.1 Å². The maximum atomic E-state index is 12.8. The second-order valence-electron chi connectivity index (χ2n) is 9.56. The highest BCUT2D eigenvalue weighted by molar-refractivity contribution is 5.79. The van der Waals surface area contributed by atoms with Gasteiger partial charge in [0.05, 0.1) is 0 Å². The topological polar surface area (TPSA) is 49.9 Å². The van der Waals surface area contributed by atoms with E-state index in [1.54, 1.807) is 0 Å². The van der Waals surface area contributed by atoms with Crippen LogP contribution in [0.3, 0.4) is 0 Å². The lowest BCUT2D eigenvalue weighted by Crippen LogP contribution is -2.57. The predicted molar refractivity (Wildman–Crippen MR) is 108 cm³/mol. The van der Waals surface area contributed by atoms with Crippen molar-refractivity contribution in [1.29, 1.82) is 0 Å². The summed E-state index contributed by atoms with van der Waals surface area (Å²) in [5.41, 5.74) is 1.09. The molecule has 2 atom stereocenters. The van der Waals surface area contributed by atoms with Crippen LogP contribution in [-0.2, 0) is 15.0 Å². The van der Waals surface area contributed by atoms with Gasteiger partial charge in [-0.1, -0.05) is 39.0 Å². The van der Waals surface area contributed by atoms with E-state index in [1.165, 1.54) is 0 Å². The highest BCUT2D eigenvalue weighted by Gasteiger charge is 2.45. The van der Waals surface area contributed by atoms with Gasteiger partial charge in [-0.2, -0.15) is 0 Å². The zero-order chi connectivity index (χ0) is 19.9. The monoisotopic (exact) mass is 384 g/mol. The van der Waals surface area contributed by atoms with Crippen molar-refractivity contribution >= 4 is 11.8 Å². The van der Waals surface area contributed by atoms with Crippen LogP contribution in [0.4, 0.5) is 0 Å². The fraction of sp³-hybridized carbons (Fsp3) is 0.652. The van der Waals surface area contributed by atoms with Crippen LogP contribution < -0.4 is 4.74 Å². The summed E-state index contributed by atoms with van der Waals surface area (Å²) in [6, 6.07) is 8.78. The molecular formula is C23H32N2O3. The SMILES string of the molecule is CC(C)(C)c1ccccc1OCC(=O)N1CC[C@@H]2[C@@H](CCC(=O)N2C2CC2)C1. The molecule has 1 saturated carbocycles. The lowest BCUT2D eigenvalue weighted by molar-refractivity contribution is -0.145. The first-order valence-corrected chi connectivity index (χ1v) is 10.7. The minimum atomic E-state index is -0.0289. The molecule has 0 radical (unpaired) electrons. The molecule has 3 aliphatic rings. The zero-order valence-corrected chi connectivity index (χ0v) is 17.3. The summed E-state index contributed by atoms with van der Waals surface area (Å²) >= 11 is 0. The Balaban J connectivity index is 1.36. The van der Waals surface area contributed by atoms with Gasteiger partial charge in [0.1, 0.15) is 5.75 Å². The number of para-hydroxylation sites is 1. The molecule has 28 heavy (non-hydrogen) atoms. The van der Waals surface area contributed by atoms with E-state index < -0.39 is 0 Å². The Labute approximate surface area is 168 Å². The largest absolute Gasteiger partial charge is 0.483 e. The summed E-state index contributed by atoms with van der Waals surface area (Å²) in [4.78, 5) is 29.3. The first-order valence-electron chi connectivity index (χ1n) is 10.7. The van der Waals surface area contributed by atoms with Crippen LogP contribution in [0.2, 0.25) is 0 Å². The van der Waals surface area contributed by atoms with E-state index in [0.717, 1.165) is 50.1 Å². The Kier molecular flexibility index (Phi) is 5.11. The summed E-state index contributed by atoms with van der Waals surface area (Å²) in [7, 11) is 0. The molecule has 5 heteroatoms. The Bertz CT molecular complexity index is 750. The van der Waals surface area contributed by atoms with Crippen molar-refractivity contribution in [1.82, 2.24) is 9.80 Å². The number of benzene rings is 1. The molecule has 2 heterocycles. The number of hydrogen-bond donors (Lipinski definition) is 0.